The van der Waals surface area contributed by atoms with Crippen molar-refractivity contribution in [2.75, 3.05) is 10.2 Å². The molecular formula is C57H53BN2. The van der Waals surface area contributed by atoms with Gasteiger partial charge in [-0.25, -0.2) is 0 Å². The van der Waals surface area contributed by atoms with Gasteiger partial charge in [0.05, 0.1) is 0 Å². The molecular weight excluding hydrogens is 723 g/mol. The van der Waals surface area contributed by atoms with Crippen molar-refractivity contribution < 1.29 is 0 Å². The number of anilines is 4. The Balaban J connectivity index is 1.18. The number of aryl methyl sites for hydroxylation is 2. The second-order valence-electron chi connectivity index (χ2n) is 19.3. The van der Waals surface area contributed by atoms with Gasteiger partial charge >= 0.3 is 0 Å². The Labute approximate surface area is 357 Å². The Hall–Kier alpha value is -6.06. The Morgan fingerprint density at radius 1 is 0.500 bits per heavy atom. The van der Waals surface area contributed by atoms with Crippen molar-refractivity contribution in [2.45, 2.75) is 85.0 Å². The topological polar surface area (TPSA) is 15.3 Å². The van der Waals surface area contributed by atoms with E-state index < -0.39 is 0 Å². The van der Waals surface area contributed by atoms with Crippen LogP contribution in [0.1, 0.15) is 92.0 Å². The molecule has 0 radical (unpaired) electrons. The highest BCUT2D eigenvalue weighted by Crippen LogP contribution is 2.51. The number of nitrogens with one attached hydrogen (secondary N) is 1. The highest BCUT2D eigenvalue weighted by atomic mass is 15.2. The molecule has 0 amide bonds. The molecule has 0 fully saturated rings. The number of allylic oxidation sites excluding steroid dienone is 2. The van der Waals surface area contributed by atoms with E-state index in [0.29, 0.717) is 0 Å². The summed E-state index contributed by atoms with van der Waals surface area (Å²) in [5, 5.41) is 4.02. The van der Waals surface area contributed by atoms with Gasteiger partial charge in [0.2, 0.25) is 0 Å². The van der Waals surface area contributed by atoms with Gasteiger partial charge in [-0.2, -0.15) is 0 Å². The molecule has 0 saturated carbocycles. The van der Waals surface area contributed by atoms with Crippen LogP contribution in [-0.2, 0) is 23.7 Å². The van der Waals surface area contributed by atoms with Crippen LogP contribution in [0, 0.1) is 13.8 Å². The summed E-state index contributed by atoms with van der Waals surface area (Å²) in [6.45, 7) is 16.7. The van der Waals surface area contributed by atoms with E-state index in [2.05, 4.69) is 192 Å². The summed E-state index contributed by atoms with van der Waals surface area (Å²) < 4.78 is 0. The quantitative estimate of drug-likeness (QED) is 0.175. The minimum absolute atomic E-state index is 0.0831. The third-order valence-corrected chi connectivity index (χ3v) is 14.8. The molecule has 11 rings (SSSR count). The molecule has 0 saturated heterocycles. The second-order valence-corrected chi connectivity index (χ2v) is 19.3. The minimum atomic E-state index is 0.0831. The third-order valence-electron chi connectivity index (χ3n) is 14.8. The molecule has 7 aromatic rings. The van der Waals surface area contributed by atoms with Crippen LogP contribution < -0.4 is 21.1 Å². The highest BCUT2D eigenvalue weighted by Gasteiger charge is 2.40. The zero-order chi connectivity index (χ0) is 41.1. The van der Waals surface area contributed by atoms with E-state index in [0.717, 1.165) is 25.8 Å². The van der Waals surface area contributed by atoms with Gasteiger partial charge < -0.3 is 10.2 Å². The van der Waals surface area contributed by atoms with Crippen molar-refractivity contribution in [1.82, 2.24) is 0 Å². The molecule has 3 aliphatic carbocycles. The summed E-state index contributed by atoms with van der Waals surface area (Å²) in [5.41, 5.74) is 29.8. The zero-order valence-electron chi connectivity index (χ0n) is 36.2. The number of rotatable bonds is 5. The lowest BCUT2D eigenvalue weighted by Gasteiger charge is -2.44. The number of fused-ring (bicyclic) bond motifs is 8. The molecule has 1 N–H and O–H groups in total. The molecule has 0 spiro atoms. The van der Waals surface area contributed by atoms with E-state index >= 15 is 0 Å². The van der Waals surface area contributed by atoms with E-state index in [1.54, 1.807) is 0 Å². The Morgan fingerprint density at radius 2 is 1.13 bits per heavy atom. The van der Waals surface area contributed by atoms with E-state index in [1.807, 2.05) is 0 Å². The molecule has 4 aliphatic rings. The van der Waals surface area contributed by atoms with E-state index in [9.17, 15) is 0 Å². The Bertz CT molecular complexity index is 2980. The van der Waals surface area contributed by atoms with Crippen molar-refractivity contribution in [3.63, 3.8) is 0 Å². The van der Waals surface area contributed by atoms with Gasteiger partial charge in [-0.05, 0) is 165 Å². The zero-order valence-corrected chi connectivity index (χ0v) is 36.2. The first-order chi connectivity index (χ1) is 29.0. The molecule has 3 heteroatoms. The molecule has 2 nitrogen and oxygen atoms in total. The number of para-hydroxylation sites is 1. The average Bonchev–Trinajstić information content (AvgIpc) is 3.79. The predicted molar refractivity (Wildman–Crippen MR) is 258 cm³/mol. The van der Waals surface area contributed by atoms with Crippen LogP contribution in [0.4, 0.5) is 22.7 Å². The van der Waals surface area contributed by atoms with Gasteiger partial charge in [0.15, 0.2) is 7.28 Å². The minimum Gasteiger partial charge on any atom is -0.358 e. The maximum Gasteiger partial charge on any atom is 0.198 e. The standard InChI is InChI=1S/C57H53BN2/c1-34-16-8-11-19-40(34)39-30-46(44-22-14-15-23-49(44)59-50-31-38-18-9-12-20-41(38)36(50)3)55-53(32-39)60(52-33-48-47(28-35(52)2)56(4,5)26-27-57(48,6)7)51-25-24-43-42-21-13-10-17-37(42)29-45(43)54(51)58-55/h8-25,28,30,32-33,58-59H,26-27,29,31H2,1-7H3. The number of hydrogen-bond donors (Lipinski definition) is 1. The average molecular weight is 777 g/mol. The monoisotopic (exact) mass is 776 g/mol. The molecule has 1 aliphatic heterocycles. The highest BCUT2D eigenvalue weighted by molar-refractivity contribution is 6.74. The summed E-state index contributed by atoms with van der Waals surface area (Å²) in [4.78, 5) is 2.67. The van der Waals surface area contributed by atoms with E-state index in [1.165, 1.54) is 130 Å². The van der Waals surface area contributed by atoms with Gasteiger partial charge in [-0.1, -0.05) is 136 Å². The first-order valence-corrected chi connectivity index (χ1v) is 22.0. The Kier molecular flexibility index (Phi) is 8.31. The molecule has 0 atom stereocenters. The molecule has 60 heavy (non-hydrogen) atoms. The van der Waals surface area contributed by atoms with Crippen molar-refractivity contribution in [2.24, 2.45) is 0 Å². The lowest BCUT2D eigenvalue weighted by Crippen LogP contribution is -2.43. The maximum absolute atomic E-state index is 4.02. The number of benzene rings is 7. The fourth-order valence-electron chi connectivity index (χ4n) is 11.2. The number of nitrogens with zero attached hydrogens (tertiary/aromatic N) is 1. The number of hydrogen-bond acceptors (Lipinski definition) is 2. The summed E-state index contributed by atoms with van der Waals surface area (Å²) in [6.07, 6.45) is 4.26. The summed E-state index contributed by atoms with van der Waals surface area (Å²) in [7, 11) is 0.867. The van der Waals surface area contributed by atoms with Crippen LogP contribution in [0.3, 0.4) is 0 Å². The van der Waals surface area contributed by atoms with Gasteiger partial charge in [-0.15, -0.1) is 0 Å². The van der Waals surface area contributed by atoms with Crippen LogP contribution >= 0.6 is 0 Å². The molecule has 294 valence electrons. The van der Waals surface area contributed by atoms with Gasteiger partial charge in [0, 0.05) is 40.4 Å². The molecule has 7 aromatic carbocycles. The summed E-state index contributed by atoms with van der Waals surface area (Å²) in [6, 6.07) is 50.9. The van der Waals surface area contributed by atoms with Crippen LogP contribution in [-0.4, -0.2) is 7.28 Å². The normalized spacial score (nSPS) is 16.3. The van der Waals surface area contributed by atoms with Crippen LogP contribution in [0.25, 0.3) is 39.0 Å². The second kappa shape index (κ2) is 13.5. The molecule has 0 unspecified atom stereocenters. The Morgan fingerprint density at radius 3 is 1.87 bits per heavy atom. The van der Waals surface area contributed by atoms with Gasteiger partial charge in [0.1, 0.15) is 0 Å². The molecule has 0 bridgehead atoms. The van der Waals surface area contributed by atoms with Crippen molar-refractivity contribution >= 4 is 46.5 Å². The van der Waals surface area contributed by atoms with Crippen LogP contribution in [0.5, 0.6) is 0 Å². The first kappa shape index (κ1) is 37.0. The maximum atomic E-state index is 4.02. The predicted octanol–water partition coefficient (Wildman–Crippen LogP) is 13.1. The fraction of sp³-hybridized carbons (Fsp3) is 0.228. The van der Waals surface area contributed by atoms with E-state index in [-0.39, 0.29) is 10.8 Å². The molecule has 0 aromatic heterocycles. The van der Waals surface area contributed by atoms with Crippen LogP contribution in [0.2, 0.25) is 0 Å². The largest absolute Gasteiger partial charge is 0.358 e. The summed E-state index contributed by atoms with van der Waals surface area (Å²) >= 11 is 0. The van der Waals surface area contributed by atoms with E-state index in [4.69, 9.17) is 0 Å². The first-order valence-electron chi connectivity index (χ1n) is 22.0. The van der Waals surface area contributed by atoms with Crippen molar-refractivity contribution in [3.8, 4) is 33.4 Å². The SMILES string of the molecule is CC1=C(Nc2ccccc2-c2cc(-c3ccccc3C)cc3c2Bc2c(ccc4c2Cc2ccccc2-4)N3c2cc3c(cc2C)C(C)(C)CCC3(C)C)Cc2ccccc21. The lowest BCUT2D eigenvalue weighted by molar-refractivity contribution is 0.332. The van der Waals surface area contributed by atoms with Gasteiger partial charge in [-0.3, -0.25) is 0 Å². The molecule has 1 heterocycles. The van der Waals surface area contributed by atoms with Crippen molar-refractivity contribution in [3.05, 3.63) is 184 Å². The van der Waals surface area contributed by atoms with Crippen LogP contribution in [0.15, 0.2) is 139 Å². The lowest BCUT2D eigenvalue weighted by atomic mass is 9.56. The third kappa shape index (κ3) is 5.69. The van der Waals surface area contributed by atoms with Gasteiger partial charge in [0.25, 0.3) is 0 Å². The van der Waals surface area contributed by atoms with Crippen molar-refractivity contribution in [1.29, 1.82) is 0 Å². The smallest absolute Gasteiger partial charge is 0.198 e. The fourth-order valence-corrected chi connectivity index (χ4v) is 11.2. The summed E-state index contributed by atoms with van der Waals surface area (Å²) in [5.74, 6) is 0.